The second-order valence-corrected chi connectivity index (χ2v) is 9.53. The highest BCUT2D eigenvalue weighted by Crippen LogP contribution is 2.29. The first-order chi connectivity index (χ1) is 15.1. The van der Waals surface area contributed by atoms with Crippen LogP contribution in [0.4, 0.5) is 0 Å². The number of aromatic nitrogens is 2. The lowest BCUT2D eigenvalue weighted by Gasteiger charge is -2.30. The van der Waals surface area contributed by atoms with E-state index in [9.17, 15) is 4.79 Å². The maximum atomic E-state index is 12.5. The van der Waals surface area contributed by atoms with Gasteiger partial charge in [0.05, 0.1) is 11.4 Å². The molecule has 164 valence electrons. The van der Waals surface area contributed by atoms with Crippen molar-refractivity contribution in [1.82, 2.24) is 19.8 Å². The van der Waals surface area contributed by atoms with Crippen LogP contribution in [0.3, 0.4) is 0 Å². The fourth-order valence-electron chi connectivity index (χ4n) is 4.23. The van der Waals surface area contributed by atoms with Gasteiger partial charge < -0.3 is 14.8 Å². The van der Waals surface area contributed by atoms with Gasteiger partial charge in [-0.3, -0.25) is 4.79 Å². The number of benzene rings is 1. The third-order valence-corrected chi connectivity index (χ3v) is 6.79. The first-order valence-electron chi connectivity index (χ1n) is 11.3. The molecule has 6 heteroatoms. The molecule has 0 unspecified atom stereocenters. The van der Waals surface area contributed by atoms with Crippen LogP contribution < -0.4 is 5.32 Å². The minimum absolute atomic E-state index is 0.0553. The predicted molar refractivity (Wildman–Crippen MR) is 128 cm³/mol. The van der Waals surface area contributed by atoms with Crippen molar-refractivity contribution in [3.05, 3.63) is 53.5 Å². The third kappa shape index (κ3) is 5.83. The molecule has 2 aromatic heterocycles. The van der Waals surface area contributed by atoms with Gasteiger partial charge in [-0.05, 0) is 57.3 Å². The monoisotopic (exact) mass is 436 g/mol. The number of nitrogens with one attached hydrogen (secondary N) is 1. The van der Waals surface area contributed by atoms with Gasteiger partial charge in [-0.15, -0.1) is 11.3 Å². The minimum Gasteiger partial charge on any atom is -0.355 e. The van der Waals surface area contributed by atoms with E-state index < -0.39 is 0 Å². The molecule has 1 aliphatic rings. The number of likely N-dealkylation sites (tertiary alicyclic amines) is 1. The summed E-state index contributed by atoms with van der Waals surface area (Å²) < 4.78 is 1.99. The molecule has 1 atom stereocenters. The van der Waals surface area contributed by atoms with Crippen molar-refractivity contribution in [3.8, 4) is 22.0 Å². The SMILES string of the molecule is Cc1ccc(-c2csc(-c3cccn3CC(=O)NCCCN3CCC[C@H](C)C3)n2)cc1. The number of amides is 1. The second-order valence-electron chi connectivity index (χ2n) is 8.68. The molecule has 0 bridgehead atoms. The van der Waals surface area contributed by atoms with Crippen molar-refractivity contribution in [2.75, 3.05) is 26.2 Å². The smallest absolute Gasteiger partial charge is 0.239 e. The molecule has 1 saturated heterocycles. The number of rotatable bonds is 8. The lowest BCUT2D eigenvalue weighted by molar-refractivity contribution is -0.121. The molecule has 0 saturated carbocycles. The topological polar surface area (TPSA) is 50.2 Å². The van der Waals surface area contributed by atoms with E-state index in [4.69, 9.17) is 4.98 Å². The van der Waals surface area contributed by atoms with Gasteiger partial charge in [-0.2, -0.15) is 0 Å². The second kappa shape index (κ2) is 10.2. The summed E-state index contributed by atoms with van der Waals surface area (Å²) in [5, 5.41) is 6.10. The summed E-state index contributed by atoms with van der Waals surface area (Å²) in [5.74, 6) is 0.854. The number of piperidine rings is 1. The summed E-state index contributed by atoms with van der Waals surface area (Å²) in [6.45, 7) is 8.93. The van der Waals surface area contributed by atoms with E-state index in [0.29, 0.717) is 6.54 Å². The molecular weight excluding hydrogens is 404 g/mol. The molecule has 1 aliphatic heterocycles. The Morgan fingerprint density at radius 2 is 2.10 bits per heavy atom. The number of thiazole rings is 1. The average molecular weight is 437 g/mol. The average Bonchev–Trinajstić information content (AvgIpc) is 3.41. The van der Waals surface area contributed by atoms with Crippen molar-refractivity contribution in [1.29, 1.82) is 0 Å². The lowest BCUT2D eigenvalue weighted by Crippen LogP contribution is -2.37. The lowest BCUT2D eigenvalue weighted by atomic mass is 10.0. The zero-order valence-electron chi connectivity index (χ0n) is 18.5. The van der Waals surface area contributed by atoms with Gasteiger partial charge in [0.2, 0.25) is 5.91 Å². The Hall–Kier alpha value is -2.44. The fourth-order valence-corrected chi connectivity index (χ4v) is 5.09. The van der Waals surface area contributed by atoms with Crippen LogP contribution in [0.1, 0.15) is 31.7 Å². The van der Waals surface area contributed by atoms with Crippen LogP contribution in [0, 0.1) is 12.8 Å². The number of hydrogen-bond donors (Lipinski definition) is 1. The summed E-state index contributed by atoms with van der Waals surface area (Å²) in [6, 6.07) is 12.4. The van der Waals surface area contributed by atoms with Crippen LogP contribution in [0.15, 0.2) is 48.0 Å². The first-order valence-corrected chi connectivity index (χ1v) is 12.1. The van der Waals surface area contributed by atoms with Crippen LogP contribution in [0.25, 0.3) is 22.0 Å². The highest BCUT2D eigenvalue weighted by molar-refractivity contribution is 7.13. The minimum atomic E-state index is 0.0553. The molecule has 3 aromatic rings. The Kier molecular flexibility index (Phi) is 7.20. The summed E-state index contributed by atoms with van der Waals surface area (Å²) in [4.78, 5) is 19.8. The fraction of sp³-hybridized carbons (Fsp3) is 0.440. The van der Waals surface area contributed by atoms with Crippen molar-refractivity contribution in [3.63, 3.8) is 0 Å². The van der Waals surface area contributed by atoms with E-state index in [1.807, 2.05) is 22.9 Å². The zero-order chi connectivity index (χ0) is 21.6. The molecule has 0 spiro atoms. The first kappa shape index (κ1) is 21.8. The summed E-state index contributed by atoms with van der Waals surface area (Å²) >= 11 is 1.62. The van der Waals surface area contributed by atoms with Gasteiger partial charge in [0, 0.05) is 30.2 Å². The molecular formula is C25H32N4OS. The Labute approximate surface area is 189 Å². The highest BCUT2D eigenvalue weighted by Gasteiger charge is 2.16. The Morgan fingerprint density at radius 1 is 1.26 bits per heavy atom. The van der Waals surface area contributed by atoms with E-state index >= 15 is 0 Å². The Bertz CT molecular complexity index is 991. The molecule has 0 aliphatic carbocycles. The van der Waals surface area contributed by atoms with E-state index in [1.54, 1.807) is 11.3 Å². The van der Waals surface area contributed by atoms with Crippen molar-refractivity contribution >= 4 is 17.2 Å². The van der Waals surface area contributed by atoms with Gasteiger partial charge in [0.1, 0.15) is 11.6 Å². The molecule has 1 amide bonds. The molecule has 0 radical (unpaired) electrons. The van der Waals surface area contributed by atoms with Crippen molar-refractivity contribution in [2.45, 2.75) is 39.7 Å². The van der Waals surface area contributed by atoms with Crippen LogP contribution in [0.5, 0.6) is 0 Å². The van der Waals surface area contributed by atoms with Crippen LogP contribution in [0.2, 0.25) is 0 Å². The van der Waals surface area contributed by atoms with Crippen molar-refractivity contribution in [2.24, 2.45) is 5.92 Å². The van der Waals surface area contributed by atoms with E-state index in [1.165, 1.54) is 31.5 Å². The number of carbonyl (C=O) groups is 1. The van der Waals surface area contributed by atoms with E-state index in [2.05, 4.69) is 53.7 Å². The van der Waals surface area contributed by atoms with Gasteiger partial charge in [-0.1, -0.05) is 36.8 Å². The molecule has 3 heterocycles. The third-order valence-electron chi connectivity index (χ3n) is 5.93. The van der Waals surface area contributed by atoms with E-state index in [0.717, 1.165) is 47.4 Å². The summed E-state index contributed by atoms with van der Waals surface area (Å²) in [5.41, 5.74) is 4.32. The van der Waals surface area contributed by atoms with Gasteiger partial charge in [0.15, 0.2) is 0 Å². The van der Waals surface area contributed by atoms with Gasteiger partial charge >= 0.3 is 0 Å². The van der Waals surface area contributed by atoms with Crippen LogP contribution >= 0.6 is 11.3 Å². The Balaban J connectivity index is 1.29. The zero-order valence-corrected chi connectivity index (χ0v) is 19.3. The quantitative estimate of drug-likeness (QED) is 0.515. The molecule has 5 nitrogen and oxygen atoms in total. The van der Waals surface area contributed by atoms with E-state index in [-0.39, 0.29) is 5.91 Å². The molecule has 1 N–H and O–H groups in total. The van der Waals surface area contributed by atoms with Crippen LogP contribution in [-0.4, -0.2) is 46.5 Å². The van der Waals surface area contributed by atoms with Gasteiger partial charge in [0.25, 0.3) is 0 Å². The van der Waals surface area contributed by atoms with Gasteiger partial charge in [-0.25, -0.2) is 4.98 Å². The number of hydrogen-bond acceptors (Lipinski definition) is 4. The molecule has 1 fully saturated rings. The molecule has 4 rings (SSSR count). The maximum absolute atomic E-state index is 12.5. The predicted octanol–water partition coefficient (Wildman–Crippen LogP) is 4.83. The van der Waals surface area contributed by atoms with Crippen molar-refractivity contribution < 1.29 is 4.79 Å². The number of carbonyl (C=O) groups excluding carboxylic acids is 1. The summed E-state index contributed by atoms with van der Waals surface area (Å²) in [7, 11) is 0. The Morgan fingerprint density at radius 3 is 2.90 bits per heavy atom. The maximum Gasteiger partial charge on any atom is 0.239 e. The number of aryl methyl sites for hydroxylation is 1. The van der Waals surface area contributed by atoms with Crippen LogP contribution in [-0.2, 0) is 11.3 Å². The summed E-state index contributed by atoms with van der Waals surface area (Å²) in [6.07, 6.45) is 5.60. The number of nitrogens with zero attached hydrogens (tertiary/aromatic N) is 3. The molecule has 1 aromatic carbocycles. The highest BCUT2D eigenvalue weighted by atomic mass is 32.1. The standard InChI is InChI=1S/C25H32N4OS/c1-19-8-10-21(11-9-19)22-18-31-25(27-22)23-7-4-15-29(23)17-24(30)26-12-5-14-28-13-3-6-20(2)16-28/h4,7-11,15,18,20H,3,5-6,12-14,16-17H2,1-2H3,(H,26,30)/t20-/m0/s1. The molecule has 31 heavy (non-hydrogen) atoms. The normalized spacial score (nSPS) is 17.0. The largest absolute Gasteiger partial charge is 0.355 e.